The Balaban J connectivity index is 1.52. The van der Waals surface area contributed by atoms with Gasteiger partial charge in [0.15, 0.2) is 10.8 Å². The number of halogens is 5. The van der Waals surface area contributed by atoms with E-state index in [1.165, 1.54) is 25.4 Å². The predicted octanol–water partition coefficient (Wildman–Crippen LogP) is 4.00. The van der Waals surface area contributed by atoms with E-state index in [0.717, 1.165) is 16.3 Å². The van der Waals surface area contributed by atoms with Gasteiger partial charge in [-0.05, 0) is 20.0 Å². The first-order valence-corrected chi connectivity index (χ1v) is 11.5. The number of aromatic nitrogens is 4. The van der Waals surface area contributed by atoms with E-state index in [1.54, 1.807) is 0 Å². The highest BCUT2D eigenvalue weighted by Gasteiger charge is 2.60. The summed E-state index contributed by atoms with van der Waals surface area (Å²) in [5.74, 6) is 0.115. The molecule has 1 saturated heterocycles. The van der Waals surface area contributed by atoms with Crippen molar-refractivity contribution in [3.8, 4) is 11.8 Å². The summed E-state index contributed by atoms with van der Waals surface area (Å²) in [6.45, 7) is 1.56. The van der Waals surface area contributed by atoms with Crippen LogP contribution in [0.15, 0.2) is 18.3 Å². The quantitative estimate of drug-likeness (QED) is 0.529. The van der Waals surface area contributed by atoms with Gasteiger partial charge in [-0.15, -0.1) is 0 Å². The number of hydrogen-bond acceptors (Lipinski definition) is 7. The number of pyridine rings is 1. The SMILES string of the molecule is COc1nc(OC2CN(C)C2)c(NC(=O)N2C[C@@](C)(C(F)(F)F)c3c2cnc2cc(Cl)nn32)cc1Cl. The summed E-state index contributed by atoms with van der Waals surface area (Å²) in [4.78, 5) is 24.7. The minimum atomic E-state index is -4.71. The molecule has 0 aliphatic carbocycles. The van der Waals surface area contributed by atoms with Crippen LogP contribution >= 0.6 is 23.2 Å². The van der Waals surface area contributed by atoms with Gasteiger partial charge in [0.05, 0.1) is 24.7 Å². The summed E-state index contributed by atoms with van der Waals surface area (Å²) < 4.78 is 55.0. The molecule has 5 heterocycles. The number of rotatable bonds is 4. The molecule has 15 heteroatoms. The van der Waals surface area contributed by atoms with Crippen molar-refractivity contribution in [2.24, 2.45) is 0 Å². The number of alkyl halides is 3. The normalized spacial score (nSPS) is 20.4. The second-order valence-electron chi connectivity index (χ2n) is 8.87. The molecule has 1 atom stereocenters. The molecule has 0 bridgehead atoms. The number of likely N-dealkylation sites (tertiary alicyclic amines) is 1. The van der Waals surface area contributed by atoms with Crippen molar-refractivity contribution in [3.05, 3.63) is 34.2 Å². The molecule has 0 aromatic carbocycles. The maximum absolute atomic E-state index is 14.3. The molecular formula is C21H20Cl2F3N7O3. The number of amides is 2. The number of nitrogens with zero attached hydrogens (tertiary/aromatic N) is 6. The summed E-state index contributed by atoms with van der Waals surface area (Å²) >= 11 is 12.1. The molecule has 2 aliphatic heterocycles. The molecule has 1 fully saturated rings. The number of nitrogens with one attached hydrogen (secondary N) is 1. The fraction of sp³-hybridized carbons (Fsp3) is 0.429. The number of methoxy groups -OCH3 is 1. The Bertz CT molecular complexity index is 1360. The fourth-order valence-corrected chi connectivity index (χ4v) is 4.73. The van der Waals surface area contributed by atoms with Crippen LogP contribution in [0.5, 0.6) is 11.8 Å². The molecule has 5 rings (SSSR count). The Labute approximate surface area is 212 Å². The van der Waals surface area contributed by atoms with Crippen LogP contribution < -0.4 is 19.7 Å². The summed E-state index contributed by atoms with van der Waals surface area (Å²) in [6.07, 6.45) is -3.70. The standard InChI is InChI=1S/C21H20Cl2F3N7O3/c1-20(21(24,25)26)9-32(13-6-27-15-5-14(23)30-33(15)16(13)20)19(34)28-12-4-11(22)17(35-3)29-18(12)36-10-7-31(2)8-10/h4-6,10H,7-9H2,1-3H3,(H,28,34)/t20-/m1/s1. The van der Waals surface area contributed by atoms with Crippen LogP contribution in [0.2, 0.25) is 10.2 Å². The van der Waals surface area contributed by atoms with Gasteiger partial charge in [0.1, 0.15) is 22.2 Å². The van der Waals surface area contributed by atoms with E-state index in [4.69, 9.17) is 32.7 Å². The van der Waals surface area contributed by atoms with E-state index in [1.807, 2.05) is 11.9 Å². The highest BCUT2D eigenvalue weighted by atomic mass is 35.5. The molecule has 2 aliphatic rings. The first kappa shape index (κ1) is 24.7. The van der Waals surface area contributed by atoms with Gasteiger partial charge in [-0.1, -0.05) is 23.2 Å². The first-order chi connectivity index (χ1) is 16.9. The van der Waals surface area contributed by atoms with E-state index in [0.29, 0.717) is 13.1 Å². The molecule has 3 aromatic heterocycles. The lowest BCUT2D eigenvalue weighted by Gasteiger charge is -2.36. The second kappa shape index (κ2) is 8.53. The Hall–Kier alpha value is -3.03. The van der Waals surface area contributed by atoms with Crippen LogP contribution in [0.3, 0.4) is 0 Å². The minimum Gasteiger partial charge on any atom is -0.480 e. The van der Waals surface area contributed by atoms with Gasteiger partial charge in [-0.2, -0.15) is 23.3 Å². The van der Waals surface area contributed by atoms with Gasteiger partial charge >= 0.3 is 12.2 Å². The van der Waals surface area contributed by atoms with Gasteiger partial charge < -0.3 is 14.8 Å². The molecule has 0 radical (unpaired) electrons. The Morgan fingerprint density at radius 3 is 2.61 bits per heavy atom. The molecule has 0 spiro atoms. The smallest absolute Gasteiger partial charge is 0.401 e. The topological polar surface area (TPSA) is 97.1 Å². The lowest BCUT2D eigenvalue weighted by atomic mass is 9.88. The molecule has 3 aromatic rings. The number of carbonyl (C=O) groups is 1. The van der Waals surface area contributed by atoms with Crippen LogP contribution in [0, 0.1) is 0 Å². The van der Waals surface area contributed by atoms with Gasteiger partial charge in [0, 0.05) is 25.7 Å². The third-order valence-corrected chi connectivity index (χ3v) is 6.70. The Morgan fingerprint density at radius 2 is 1.97 bits per heavy atom. The van der Waals surface area contributed by atoms with Crippen LogP contribution in [0.4, 0.5) is 29.3 Å². The number of fused-ring (bicyclic) bond motifs is 3. The van der Waals surface area contributed by atoms with Crippen LogP contribution in [-0.4, -0.2) is 76.6 Å². The van der Waals surface area contributed by atoms with E-state index in [-0.39, 0.29) is 50.8 Å². The zero-order valence-electron chi connectivity index (χ0n) is 19.2. The van der Waals surface area contributed by atoms with Gasteiger partial charge in [-0.3, -0.25) is 9.80 Å². The summed E-state index contributed by atoms with van der Waals surface area (Å²) in [6, 6.07) is 1.85. The summed E-state index contributed by atoms with van der Waals surface area (Å²) in [5.41, 5.74) is -2.54. The minimum absolute atomic E-state index is 0.0225. The van der Waals surface area contributed by atoms with Crippen molar-refractivity contribution >= 4 is 46.3 Å². The summed E-state index contributed by atoms with van der Waals surface area (Å²) in [7, 11) is 3.29. The number of ether oxygens (including phenoxy) is 2. The van der Waals surface area contributed by atoms with Crippen molar-refractivity contribution in [1.82, 2.24) is 24.5 Å². The number of hydrogen-bond donors (Lipinski definition) is 1. The largest absolute Gasteiger partial charge is 0.480 e. The molecule has 10 nitrogen and oxygen atoms in total. The number of urea groups is 1. The van der Waals surface area contributed by atoms with Crippen molar-refractivity contribution in [2.45, 2.75) is 24.6 Å². The molecule has 192 valence electrons. The van der Waals surface area contributed by atoms with Gasteiger partial charge in [0.25, 0.3) is 0 Å². The maximum atomic E-state index is 14.3. The molecule has 36 heavy (non-hydrogen) atoms. The molecular weight excluding hydrogens is 526 g/mol. The lowest BCUT2D eigenvalue weighted by molar-refractivity contribution is -0.181. The van der Waals surface area contributed by atoms with E-state index in [9.17, 15) is 18.0 Å². The van der Waals surface area contributed by atoms with E-state index < -0.39 is 24.2 Å². The number of likely N-dealkylation sites (N-methyl/N-ethyl adjacent to an activating group) is 1. The summed E-state index contributed by atoms with van der Waals surface area (Å²) in [5, 5.41) is 6.62. The van der Waals surface area contributed by atoms with Crippen molar-refractivity contribution < 1.29 is 27.4 Å². The van der Waals surface area contributed by atoms with Crippen LogP contribution in [0.1, 0.15) is 12.6 Å². The number of carbonyl (C=O) groups excluding carboxylic acids is 1. The highest BCUT2D eigenvalue weighted by molar-refractivity contribution is 6.32. The van der Waals surface area contributed by atoms with Crippen LogP contribution in [0.25, 0.3) is 5.65 Å². The monoisotopic (exact) mass is 545 g/mol. The molecule has 2 amide bonds. The third kappa shape index (κ3) is 3.95. The average molecular weight is 546 g/mol. The zero-order valence-corrected chi connectivity index (χ0v) is 20.7. The van der Waals surface area contributed by atoms with Gasteiger partial charge in [-0.25, -0.2) is 14.3 Å². The number of anilines is 2. The van der Waals surface area contributed by atoms with E-state index in [2.05, 4.69) is 20.4 Å². The third-order valence-electron chi connectivity index (χ3n) is 6.25. The van der Waals surface area contributed by atoms with Crippen molar-refractivity contribution in [2.75, 3.05) is 44.0 Å². The lowest BCUT2D eigenvalue weighted by Crippen LogP contribution is -2.51. The Morgan fingerprint density at radius 1 is 1.25 bits per heavy atom. The van der Waals surface area contributed by atoms with Crippen molar-refractivity contribution in [1.29, 1.82) is 0 Å². The molecule has 0 unspecified atom stereocenters. The molecule has 1 N–H and O–H groups in total. The van der Waals surface area contributed by atoms with E-state index >= 15 is 0 Å². The zero-order chi connectivity index (χ0) is 26.0. The Kier molecular flexibility index (Phi) is 5.84. The van der Waals surface area contributed by atoms with Gasteiger partial charge in [0.2, 0.25) is 11.8 Å². The fourth-order valence-electron chi connectivity index (χ4n) is 4.33. The van der Waals surface area contributed by atoms with Crippen LogP contribution in [-0.2, 0) is 5.41 Å². The second-order valence-corrected chi connectivity index (χ2v) is 9.66. The highest BCUT2D eigenvalue weighted by Crippen LogP contribution is 2.50. The molecule has 0 saturated carbocycles. The van der Waals surface area contributed by atoms with Crippen molar-refractivity contribution in [3.63, 3.8) is 0 Å². The first-order valence-electron chi connectivity index (χ1n) is 10.7. The predicted molar refractivity (Wildman–Crippen MR) is 125 cm³/mol. The maximum Gasteiger partial charge on any atom is 0.401 e. The average Bonchev–Trinajstić information content (AvgIpc) is 3.31.